The second-order valence-corrected chi connectivity index (χ2v) is 3.93. The van der Waals surface area contributed by atoms with Gasteiger partial charge in [0.2, 0.25) is 0 Å². The molecule has 1 aliphatic rings. The topological polar surface area (TPSA) is 26.0 Å². The van der Waals surface area contributed by atoms with Crippen LogP contribution in [0.3, 0.4) is 0 Å². The number of hydrogen-bond donors (Lipinski definition) is 1. The molecule has 1 rings (SSSR count). The van der Waals surface area contributed by atoms with Gasteiger partial charge in [-0.15, -0.1) is 0 Å². The van der Waals surface area contributed by atoms with Gasteiger partial charge in [0, 0.05) is 6.04 Å². The predicted molar refractivity (Wildman–Crippen MR) is 49.5 cm³/mol. The van der Waals surface area contributed by atoms with Gasteiger partial charge in [-0.2, -0.15) is 0 Å². The lowest BCUT2D eigenvalue weighted by atomic mass is 9.83. The van der Waals surface area contributed by atoms with Crippen LogP contribution in [0.4, 0.5) is 0 Å². The maximum atomic E-state index is 5.90. The van der Waals surface area contributed by atoms with Crippen LogP contribution >= 0.6 is 0 Å². The average Bonchev–Trinajstić information content (AvgIpc) is 2.01. The molecular weight excluding hydrogens is 134 g/mol. The highest BCUT2D eigenvalue weighted by Crippen LogP contribution is 2.26. The largest absolute Gasteiger partial charge is 0.328 e. The van der Waals surface area contributed by atoms with E-state index >= 15 is 0 Å². The molecule has 0 saturated heterocycles. The minimum atomic E-state index is 0.519. The molecule has 66 valence electrons. The van der Waals surface area contributed by atoms with E-state index in [1.165, 1.54) is 44.9 Å². The molecule has 1 aliphatic carbocycles. The average molecular weight is 155 g/mol. The Balaban J connectivity index is 2.12. The van der Waals surface area contributed by atoms with Gasteiger partial charge in [-0.05, 0) is 18.8 Å². The molecule has 0 radical (unpaired) electrons. The fourth-order valence-corrected chi connectivity index (χ4v) is 2.09. The maximum Gasteiger partial charge on any atom is 0.00414 e. The highest BCUT2D eigenvalue weighted by molar-refractivity contribution is 4.74. The van der Waals surface area contributed by atoms with E-state index in [1.807, 2.05) is 0 Å². The van der Waals surface area contributed by atoms with E-state index in [9.17, 15) is 0 Å². The Kier molecular flexibility index (Phi) is 3.92. The van der Waals surface area contributed by atoms with Gasteiger partial charge in [-0.1, -0.05) is 39.0 Å². The zero-order valence-corrected chi connectivity index (χ0v) is 7.68. The summed E-state index contributed by atoms with van der Waals surface area (Å²) in [5.41, 5.74) is 5.90. The molecule has 0 amide bonds. The van der Waals surface area contributed by atoms with Crippen LogP contribution < -0.4 is 5.73 Å². The van der Waals surface area contributed by atoms with Crippen molar-refractivity contribution in [3.63, 3.8) is 0 Å². The minimum Gasteiger partial charge on any atom is -0.328 e. The summed E-state index contributed by atoms with van der Waals surface area (Å²) in [6, 6.07) is 0.519. The zero-order valence-electron chi connectivity index (χ0n) is 7.68. The molecule has 0 heterocycles. The molecule has 0 spiro atoms. The van der Waals surface area contributed by atoms with Gasteiger partial charge in [0.15, 0.2) is 0 Å². The predicted octanol–water partition coefficient (Wildman–Crippen LogP) is 2.69. The summed E-state index contributed by atoms with van der Waals surface area (Å²) >= 11 is 0. The van der Waals surface area contributed by atoms with Crippen LogP contribution in [0.25, 0.3) is 0 Å². The molecule has 2 atom stereocenters. The third-order valence-electron chi connectivity index (χ3n) is 2.79. The van der Waals surface area contributed by atoms with E-state index in [0.717, 1.165) is 5.92 Å². The van der Waals surface area contributed by atoms with E-state index in [2.05, 4.69) is 6.92 Å². The summed E-state index contributed by atoms with van der Waals surface area (Å²) in [6.07, 6.45) is 9.53. The third-order valence-corrected chi connectivity index (χ3v) is 2.79. The van der Waals surface area contributed by atoms with Crippen molar-refractivity contribution in [2.45, 2.75) is 57.9 Å². The second-order valence-electron chi connectivity index (χ2n) is 3.93. The van der Waals surface area contributed by atoms with Gasteiger partial charge in [-0.3, -0.25) is 0 Å². The zero-order chi connectivity index (χ0) is 8.10. The van der Waals surface area contributed by atoms with Crippen molar-refractivity contribution >= 4 is 0 Å². The van der Waals surface area contributed by atoms with Crippen LogP contribution in [-0.2, 0) is 0 Å². The standard InChI is InChI=1S/C10H21N/c1-2-3-5-9-6-4-7-10(11)8-9/h9-10H,2-8,11H2,1H3. The number of rotatable bonds is 3. The van der Waals surface area contributed by atoms with Crippen molar-refractivity contribution in [2.75, 3.05) is 0 Å². The van der Waals surface area contributed by atoms with Crippen LogP contribution in [0.15, 0.2) is 0 Å². The Bertz CT molecular complexity index is 101. The molecule has 2 N–H and O–H groups in total. The first-order valence-corrected chi connectivity index (χ1v) is 5.08. The van der Waals surface area contributed by atoms with Gasteiger partial charge >= 0.3 is 0 Å². The van der Waals surface area contributed by atoms with Crippen LogP contribution in [0.5, 0.6) is 0 Å². The summed E-state index contributed by atoms with van der Waals surface area (Å²) in [4.78, 5) is 0. The molecule has 11 heavy (non-hydrogen) atoms. The van der Waals surface area contributed by atoms with Crippen LogP contribution in [0.2, 0.25) is 0 Å². The molecular formula is C10H21N. The van der Waals surface area contributed by atoms with Crippen molar-refractivity contribution in [1.29, 1.82) is 0 Å². The Morgan fingerprint density at radius 2 is 2.18 bits per heavy atom. The Labute approximate surface area is 70.4 Å². The maximum absolute atomic E-state index is 5.90. The number of nitrogens with two attached hydrogens (primary N) is 1. The van der Waals surface area contributed by atoms with Crippen LogP contribution in [0.1, 0.15) is 51.9 Å². The van der Waals surface area contributed by atoms with Crippen LogP contribution in [-0.4, -0.2) is 6.04 Å². The molecule has 0 aromatic heterocycles. The van der Waals surface area contributed by atoms with Crippen molar-refractivity contribution in [2.24, 2.45) is 11.7 Å². The van der Waals surface area contributed by atoms with E-state index in [4.69, 9.17) is 5.73 Å². The van der Waals surface area contributed by atoms with Crippen molar-refractivity contribution in [3.8, 4) is 0 Å². The molecule has 1 nitrogen and oxygen atoms in total. The Morgan fingerprint density at radius 1 is 1.36 bits per heavy atom. The molecule has 0 bridgehead atoms. The summed E-state index contributed by atoms with van der Waals surface area (Å²) in [6.45, 7) is 2.27. The quantitative estimate of drug-likeness (QED) is 0.666. The van der Waals surface area contributed by atoms with E-state index in [0.29, 0.717) is 6.04 Å². The fourth-order valence-electron chi connectivity index (χ4n) is 2.09. The summed E-state index contributed by atoms with van der Waals surface area (Å²) < 4.78 is 0. The Morgan fingerprint density at radius 3 is 2.82 bits per heavy atom. The summed E-state index contributed by atoms with van der Waals surface area (Å²) in [7, 11) is 0. The molecule has 0 aromatic carbocycles. The molecule has 0 aromatic rings. The Hall–Kier alpha value is -0.0400. The highest BCUT2D eigenvalue weighted by Gasteiger charge is 2.17. The minimum absolute atomic E-state index is 0.519. The smallest absolute Gasteiger partial charge is 0.00414 e. The first-order chi connectivity index (χ1) is 5.33. The lowest BCUT2D eigenvalue weighted by Crippen LogP contribution is -2.27. The van der Waals surface area contributed by atoms with Crippen molar-refractivity contribution in [3.05, 3.63) is 0 Å². The SMILES string of the molecule is CCCCC1CCCC(N)C1. The normalized spacial score (nSPS) is 32.2. The lowest BCUT2D eigenvalue weighted by Gasteiger charge is -2.26. The van der Waals surface area contributed by atoms with Crippen molar-refractivity contribution < 1.29 is 0 Å². The molecule has 1 fully saturated rings. The summed E-state index contributed by atoms with van der Waals surface area (Å²) in [5.74, 6) is 0.957. The highest BCUT2D eigenvalue weighted by atomic mass is 14.6. The number of hydrogen-bond acceptors (Lipinski definition) is 1. The first-order valence-electron chi connectivity index (χ1n) is 5.08. The second kappa shape index (κ2) is 4.76. The fraction of sp³-hybridized carbons (Fsp3) is 1.00. The van der Waals surface area contributed by atoms with Gasteiger partial charge in [-0.25, -0.2) is 0 Å². The monoisotopic (exact) mass is 155 g/mol. The van der Waals surface area contributed by atoms with E-state index < -0.39 is 0 Å². The molecule has 1 heteroatoms. The molecule has 1 saturated carbocycles. The third kappa shape index (κ3) is 3.24. The first kappa shape index (κ1) is 9.05. The van der Waals surface area contributed by atoms with Gasteiger partial charge in [0.25, 0.3) is 0 Å². The van der Waals surface area contributed by atoms with Crippen molar-refractivity contribution in [1.82, 2.24) is 0 Å². The van der Waals surface area contributed by atoms with E-state index in [-0.39, 0.29) is 0 Å². The number of unbranched alkanes of at least 4 members (excludes halogenated alkanes) is 1. The van der Waals surface area contributed by atoms with Gasteiger partial charge in [0.05, 0.1) is 0 Å². The van der Waals surface area contributed by atoms with Gasteiger partial charge < -0.3 is 5.73 Å². The van der Waals surface area contributed by atoms with Crippen LogP contribution in [0, 0.1) is 5.92 Å². The summed E-state index contributed by atoms with van der Waals surface area (Å²) in [5, 5.41) is 0. The lowest BCUT2D eigenvalue weighted by molar-refractivity contribution is 0.301. The van der Waals surface area contributed by atoms with E-state index in [1.54, 1.807) is 0 Å². The molecule has 0 aliphatic heterocycles. The van der Waals surface area contributed by atoms with Gasteiger partial charge in [0.1, 0.15) is 0 Å². The molecule has 2 unspecified atom stereocenters.